The molecule has 0 unspecified atom stereocenters. The fourth-order valence-corrected chi connectivity index (χ4v) is 3.73. The third-order valence-electron chi connectivity index (χ3n) is 5.43. The normalized spacial score (nSPS) is 14.8. The van der Waals surface area contributed by atoms with Crippen LogP contribution in [0.3, 0.4) is 0 Å². The van der Waals surface area contributed by atoms with E-state index in [9.17, 15) is 28.7 Å². The minimum absolute atomic E-state index is 0.00597. The third kappa shape index (κ3) is 4.70. The molecule has 0 spiro atoms. The number of nitrogens with two attached hydrogens (primary N) is 1. The summed E-state index contributed by atoms with van der Waals surface area (Å²) in [7, 11) is 0. The van der Waals surface area contributed by atoms with Crippen LogP contribution in [-0.4, -0.2) is 45.3 Å². The van der Waals surface area contributed by atoms with E-state index in [1.54, 1.807) is 11.5 Å². The van der Waals surface area contributed by atoms with Crippen molar-refractivity contribution in [3.63, 3.8) is 0 Å². The van der Waals surface area contributed by atoms with Gasteiger partial charge in [-0.1, -0.05) is 0 Å². The number of Topliss-reactive ketones (excluding diaryl/α,β-unsaturated/α-hetero) is 1. The highest BCUT2D eigenvalue weighted by Gasteiger charge is 2.31. The average molecular weight is 444 g/mol. The highest BCUT2D eigenvalue weighted by molar-refractivity contribution is 6.43. The molecule has 2 atom stereocenters. The monoisotopic (exact) mass is 444 g/mol. The lowest BCUT2D eigenvalue weighted by molar-refractivity contribution is -0.127. The van der Waals surface area contributed by atoms with Gasteiger partial charge in [0.15, 0.2) is 0 Å². The maximum Gasteiger partial charge on any atom is 0.294 e. The number of fused-ring (bicyclic) bond motifs is 1. The zero-order chi connectivity index (χ0) is 23.6. The van der Waals surface area contributed by atoms with Crippen molar-refractivity contribution in [2.45, 2.75) is 51.8 Å². The lowest BCUT2D eigenvalue weighted by Crippen LogP contribution is -2.52. The van der Waals surface area contributed by atoms with Crippen molar-refractivity contribution in [1.82, 2.24) is 9.88 Å². The number of rotatable bonds is 7. The molecule has 0 saturated carbocycles. The first-order chi connectivity index (χ1) is 15.1. The Hall–Kier alpha value is -3.53. The number of aryl methyl sites for hydroxylation is 1. The maximum atomic E-state index is 13.5. The molecular weight excluding hydrogens is 419 g/mol. The van der Waals surface area contributed by atoms with Crippen molar-refractivity contribution in [3.8, 4) is 0 Å². The fourth-order valence-electron chi connectivity index (χ4n) is 3.73. The largest absolute Gasteiger partial charge is 0.391 e. The summed E-state index contributed by atoms with van der Waals surface area (Å²) in [5, 5.41) is 14.5. The zero-order valence-corrected chi connectivity index (χ0v) is 17.8. The van der Waals surface area contributed by atoms with Crippen LogP contribution < -0.4 is 16.4 Å². The molecule has 5 N–H and O–H groups in total. The summed E-state index contributed by atoms with van der Waals surface area (Å²) in [6, 6.07) is 4.09. The van der Waals surface area contributed by atoms with Crippen LogP contribution in [0.5, 0.6) is 0 Å². The molecule has 0 fully saturated rings. The minimum atomic E-state index is -1.42. The molecule has 2 aromatic rings. The number of hydrogen-bond acceptors (Lipinski definition) is 5. The summed E-state index contributed by atoms with van der Waals surface area (Å²) < 4.78 is 15.1. The van der Waals surface area contributed by atoms with E-state index in [1.165, 1.54) is 31.2 Å². The van der Waals surface area contributed by atoms with Crippen LogP contribution >= 0.6 is 0 Å². The molecule has 1 aliphatic heterocycles. The number of benzene rings is 1. The van der Waals surface area contributed by atoms with Crippen molar-refractivity contribution in [2.24, 2.45) is 5.73 Å². The van der Waals surface area contributed by atoms with Crippen LogP contribution in [0.1, 0.15) is 51.9 Å². The smallest absolute Gasteiger partial charge is 0.294 e. The number of nitrogens with one attached hydrogen (secondary N) is 2. The standard InChI is InChI=1S/C22H25FN4O5/c1-11-9-13(6-7-15(11)23)25-21(31)14-10-17(27-8-4-3-5-16(14)27)19(29)22(32)26-18(12(2)28)20(24)30/h6-7,9-10,12,18,28H,3-5,8H2,1-2H3,(H2,24,30)(H,25,31)(H,26,32)/t12-,18+/m1/s1. The van der Waals surface area contributed by atoms with Crippen LogP contribution in [0.2, 0.25) is 0 Å². The van der Waals surface area contributed by atoms with Gasteiger partial charge in [-0.25, -0.2) is 4.39 Å². The number of amides is 3. The second-order valence-electron chi connectivity index (χ2n) is 7.84. The second-order valence-corrected chi connectivity index (χ2v) is 7.84. The first kappa shape index (κ1) is 23.1. The highest BCUT2D eigenvalue weighted by Crippen LogP contribution is 2.25. The number of primary amides is 1. The number of aromatic nitrogens is 1. The zero-order valence-electron chi connectivity index (χ0n) is 17.8. The van der Waals surface area contributed by atoms with E-state index in [-0.39, 0.29) is 11.3 Å². The molecule has 1 aliphatic rings. The van der Waals surface area contributed by atoms with Crippen molar-refractivity contribution >= 4 is 29.2 Å². The number of aliphatic hydroxyl groups excluding tert-OH is 1. The van der Waals surface area contributed by atoms with Crippen LogP contribution in [0.25, 0.3) is 0 Å². The van der Waals surface area contributed by atoms with Crippen molar-refractivity contribution in [3.05, 3.63) is 52.6 Å². The molecule has 9 nitrogen and oxygen atoms in total. The number of nitrogens with zero attached hydrogens (tertiary/aromatic N) is 1. The molecule has 0 aliphatic carbocycles. The Morgan fingerprint density at radius 2 is 1.91 bits per heavy atom. The van der Waals surface area contributed by atoms with E-state index < -0.39 is 41.5 Å². The van der Waals surface area contributed by atoms with E-state index in [4.69, 9.17) is 5.73 Å². The van der Waals surface area contributed by atoms with Crippen molar-refractivity contribution < 1.29 is 28.7 Å². The topological polar surface area (TPSA) is 144 Å². The summed E-state index contributed by atoms with van der Waals surface area (Å²) in [5.41, 5.74) is 6.80. The van der Waals surface area contributed by atoms with Gasteiger partial charge in [-0.15, -0.1) is 0 Å². The van der Waals surface area contributed by atoms with E-state index >= 15 is 0 Å². The van der Waals surface area contributed by atoms with Gasteiger partial charge in [0.25, 0.3) is 17.6 Å². The Bertz CT molecular complexity index is 1090. The van der Waals surface area contributed by atoms with E-state index in [1.807, 2.05) is 0 Å². The molecule has 0 bridgehead atoms. The molecule has 32 heavy (non-hydrogen) atoms. The average Bonchev–Trinajstić information content (AvgIpc) is 3.13. The summed E-state index contributed by atoms with van der Waals surface area (Å²) in [4.78, 5) is 49.6. The number of anilines is 1. The molecule has 2 heterocycles. The van der Waals surface area contributed by atoms with Gasteiger partial charge in [-0.05, 0) is 62.9 Å². The van der Waals surface area contributed by atoms with Gasteiger partial charge in [0.2, 0.25) is 5.91 Å². The summed E-state index contributed by atoms with van der Waals surface area (Å²) in [6.07, 6.45) is 0.828. The van der Waals surface area contributed by atoms with E-state index in [0.717, 1.165) is 12.8 Å². The van der Waals surface area contributed by atoms with Crippen LogP contribution in [0.15, 0.2) is 24.3 Å². The Morgan fingerprint density at radius 3 is 2.53 bits per heavy atom. The van der Waals surface area contributed by atoms with Gasteiger partial charge < -0.3 is 26.0 Å². The Kier molecular flexibility index (Phi) is 6.73. The van der Waals surface area contributed by atoms with Crippen molar-refractivity contribution in [2.75, 3.05) is 5.32 Å². The number of ketones is 1. The first-order valence-electron chi connectivity index (χ1n) is 10.2. The molecular formula is C22H25FN4O5. The molecule has 3 amide bonds. The van der Waals surface area contributed by atoms with Gasteiger partial charge in [0.05, 0.1) is 17.4 Å². The quantitative estimate of drug-likeness (QED) is 0.373. The van der Waals surface area contributed by atoms with Gasteiger partial charge in [-0.3, -0.25) is 19.2 Å². The van der Waals surface area contributed by atoms with Gasteiger partial charge in [-0.2, -0.15) is 0 Å². The maximum absolute atomic E-state index is 13.5. The highest BCUT2D eigenvalue weighted by atomic mass is 19.1. The molecule has 0 saturated heterocycles. The van der Waals surface area contributed by atoms with E-state index in [0.29, 0.717) is 29.9 Å². The van der Waals surface area contributed by atoms with Crippen molar-refractivity contribution in [1.29, 1.82) is 0 Å². The predicted molar refractivity (Wildman–Crippen MR) is 114 cm³/mol. The number of aliphatic hydroxyl groups is 1. The summed E-state index contributed by atoms with van der Waals surface area (Å²) in [5.74, 6) is -3.92. The number of halogens is 1. The Balaban J connectivity index is 1.89. The number of hydrogen-bond donors (Lipinski definition) is 4. The molecule has 0 radical (unpaired) electrons. The Morgan fingerprint density at radius 1 is 1.19 bits per heavy atom. The van der Waals surface area contributed by atoms with Gasteiger partial charge >= 0.3 is 0 Å². The van der Waals surface area contributed by atoms with Crippen LogP contribution in [0, 0.1) is 12.7 Å². The van der Waals surface area contributed by atoms with Crippen LogP contribution in [-0.2, 0) is 22.6 Å². The fraction of sp³-hybridized carbons (Fsp3) is 0.364. The molecule has 170 valence electrons. The molecule has 1 aromatic carbocycles. The number of carbonyl (C=O) groups excluding carboxylic acids is 4. The third-order valence-corrected chi connectivity index (χ3v) is 5.43. The SMILES string of the molecule is Cc1cc(NC(=O)c2cc(C(=O)C(=O)N[C@H](C(N)=O)[C@@H](C)O)n3c2CCCC3)ccc1F. The lowest BCUT2D eigenvalue weighted by Gasteiger charge is -2.20. The summed E-state index contributed by atoms with van der Waals surface area (Å²) >= 11 is 0. The predicted octanol–water partition coefficient (Wildman–Crippen LogP) is 1.06. The molecule has 10 heteroatoms. The van der Waals surface area contributed by atoms with Gasteiger partial charge in [0.1, 0.15) is 11.9 Å². The molecule has 1 aromatic heterocycles. The molecule has 3 rings (SSSR count). The Labute approximate surface area is 183 Å². The van der Waals surface area contributed by atoms with Crippen LogP contribution in [0.4, 0.5) is 10.1 Å². The number of carbonyl (C=O) groups is 4. The van der Waals surface area contributed by atoms with E-state index in [2.05, 4.69) is 10.6 Å². The summed E-state index contributed by atoms with van der Waals surface area (Å²) in [6.45, 7) is 3.29. The minimum Gasteiger partial charge on any atom is -0.391 e. The first-order valence-corrected chi connectivity index (χ1v) is 10.2. The lowest BCUT2D eigenvalue weighted by atomic mass is 10.1. The van der Waals surface area contributed by atoms with Gasteiger partial charge in [0, 0.05) is 17.9 Å². The second kappa shape index (κ2) is 9.31.